The molecule has 1 heterocycles. The lowest BCUT2D eigenvalue weighted by Crippen LogP contribution is -2.07. The van der Waals surface area contributed by atoms with E-state index in [0.29, 0.717) is 6.07 Å². The van der Waals surface area contributed by atoms with Crippen LogP contribution in [0.1, 0.15) is 16.2 Å². The van der Waals surface area contributed by atoms with E-state index in [1.165, 1.54) is 7.05 Å². The van der Waals surface area contributed by atoms with E-state index in [1.807, 2.05) is 0 Å². The summed E-state index contributed by atoms with van der Waals surface area (Å²) in [5.41, 5.74) is -1.44. The first-order chi connectivity index (χ1) is 6.86. The molecule has 0 saturated heterocycles. The predicted molar refractivity (Wildman–Crippen MR) is 47.6 cm³/mol. The van der Waals surface area contributed by atoms with Crippen LogP contribution in [0.25, 0.3) is 0 Å². The third-order valence-corrected chi connectivity index (χ3v) is 1.63. The number of carbonyl (C=O) groups is 1. The molecule has 1 aromatic heterocycles. The molecule has 1 rings (SSSR count). The van der Waals surface area contributed by atoms with Crippen molar-refractivity contribution in [2.75, 3.05) is 0 Å². The smallest absolute Gasteiger partial charge is 0.264 e. The van der Waals surface area contributed by atoms with Crippen molar-refractivity contribution in [1.29, 1.82) is 0 Å². The summed E-state index contributed by atoms with van der Waals surface area (Å²) in [7, 11) is 1.21. The summed E-state index contributed by atoms with van der Waals surface area (Å²) in [6, 6.07) is 0.610. The van der Waals surface area contributed by atoms with E-state index in [1.54, 1.807) is 5.16 Å². The molecule has 0 spiro atoms. The predicted octanol–water partition coefficient (Wildman–Crippen LogP) is 1.68. The lowest BCUT2D eigenvalue weighted by Gasteiger charge is -1.98. The highest BCUT2D eigenvalue weighted by Gasteiger charge is 2.35. The van der Waals surface area contributed by atoms with Crippen molar-refractivity contribution in [2.24, 2.45) is 12.0 Å². The Hall–Kier alpha value is -1.53. The molecule has 4 nitrogen and oxygen atoms in total. The number of amides is 1. The van der Waals surface area contributed by atoms with E-state index in [-0.39, 0.29) is 5.69 Å². The van der Waals surface area contributed by atoms with E-state index in [2.05, 4.69) is 22.3 Å². The van der Waals surface area contributed by atoms with Gasteiger partial charge in [-0.2, -0.15) is 23.3 Å². The zero-order valence-corrected chi connectivity index (χ0v) is 8.19. The van der Waals surface area contributed by atoms with Crippen LogP contribution in [0.3, 0.4) is 0 Å². The molecule has 0 aliphatic heterocycles. The van der Waals surface area contributed by atoms with E-state index >= 15 is 0 Å². The van der Waals surface area contributed by atoms with Gasteiger partial charge in [-0.15, -0.1) is 0 Å². The number of thiocarbonyl (C=S) groups is 1. The first-order valence-electron chi connectivity index (χ1n) is 3.59. The Morgan fingerprint density at radius 2 is 2.27 bits per heavy atom. The molecule has 0 aliphatic carbocycles. The Balaban J connectivity index is 3.18. The monoisotopic (exact) mass is 235 g/mol. The van der Waals surface area contributed by atoms with Crippen molar-refractivity contribution in [2.45, 2.75) is 6.18 Å². The van der Waals surface area contributed by atoms with Gasteiger partial charge in [-0.3, -0.25) is 9.48 Å². The summed E-state index contributed by atoms with van der Waals surface area (Å²) in [4.78, 5) is 14.1. The number of halogens is 3. The zero-order chi connectivity index (χ0) is 11.6. The Kier molecular flexibility index (Phi) is 3.01. The summed E-state index contributed by atoms with van der Waals surface area (Å²) in [6.45, 7) is 0. The molecule has 0 radical (unpaired) electrons. The number of isothiocyanates is 1. The quantitative estimate of drug-likeness (QED) is 0.549. The molecule has 0 fully saturated rings. The molecule has 0 unspecified atom stereocenters. The Bertz CT molecular complexity index is 445. The van der Waals surface area contributed by atoms with Gasteiger partial charge in [-0.1, -0.05) is 0 Å². The van der Waals surface area contributed by atoms with Crippen molar-refractivity contribution >= 4 is 23.3 Å². The maximum atomic E-state index is 12.2. The summed E-state index contributed by atoms with van der Waals surface area (Å²) in [6.07, 6.45) is -4.59. The lowest BCUT2D eigenvalue weighted by molar-refractivity contribution is -0.141. The fourth-order valence-corrected chi connectivity index (χ4v) is 0.988. The van der Waals surface area contributed by atoms with E-state index in [0.717, 1.165) is 4.68 Å². The van der Waals surface area contributed by atoms with Crippen molar-refractivity contribution in [3.63, 3.8) is 0 Å². The Morgan fingerprint density at radius 1 is 1.67 bits per heavy atom. The van der Waals surface area contributed by atoms with E-state index < -0.39 is 17.8 Å². The number of aryl methyl sites for hydroxylation is 1. The highest BCUT2D eigenvalue weighted by Crippen LogP contribution is 2.28. The van der Waals surface area contributed by atoms with Crippen LogP contribution in [0.4, 0.5) is 13.2 Å². The third kappa shape index (κ3) is 2.48. The fraction of sp³-hybridized carbons (Fsp3) is 0.286. The number of hydrogen-bond acceptors (Lipinski definition) is 3. The van der Waals surface area contributed by atoms with Gasteiger partial charge in [0.15, 0.2) is 5.69 Å². The summed E-state index contributed by atoms with van der Waals surface area (Å²) in [5, 5.41) is 4.91. The maximum absolute atomic E-state index is 12.2. The summed E-state index contributed by atoms with van der Waals surface area (Å²) < 4.78 is 37.3. The van der Waals surface area contributed by atoms with Gasteiger partial charge in [0.1, 0.15) is 5.69 Å². The number of alkyl halides is 3. The van der Waals surface area contributed by atoms with Gasteiger partial charge in [0.05, 0.1) is 5.16 Å². The molecular formula is C7H4F3N3OS. The lowest BCUT2D eigenvalue weighted by atomic mass is 10.3. The highest BCUT2D eigenvalue weighted by atomic mass is 32.1. The van der Waals surface area contributed by atoms with Gasteiger partial charge in [-0.25, -0.2) is 0 Å². The Labute approximate surface area is 87.4 Å². The molecule has 15 heavy (non-hydrogen) atoms. The first-order valence-corrected chi connectivity index (χ1v) is 4.00. The first kappa shape index (κ1) is 11.5. The van der Waals surface area contributed by atoms with Crippen molar-refractivity contribution in [3.8, 4) is 0 Å². The number of aliphatic imine (C=N–C) groups is 1. The van der Waals surface area contributed by atoms with Gasteiger partial charge in [0.2, 0.25) is 0 Å². The molecule has 80 valence electrons. The van der Waals surface area contributed by atoms with Crippen LogP contribution in [0.2, 0.25) is 0 Å². The van der Waals surface area contributed by atoms with Crippen LogP contribution in [0.5, 0.6) is 0 Å². The number of hydrogen-bond donors (Lipinski definition) is 0. The number of aromatic nitrogens is 2. The number of rotatable bonds is 1. The SMILES string of the molecule is Cn1nc(C(F)(F)F)cc1C(=O)N=C=S. The second kappa shape index (κ2) is 3.92. The second-order valence-corrected chi connectivity index (χ2v) is 2.73. The third-order valence-electron chi connectivity index (χ3n) is 1.54. The van der Waals surface area contributed by atoms with Gasteiger partial charge in [0, 0.05) is 13.1 Å². The van der Waals surface area contributed by atoms with E-state index in [4.69, 9.17) is 0 Å². The van der Waals surface area contributed by atoms with Crippen LogP contribution >= 0.6 is 12.2 Å². The average molecular weight is 235 g/mol. The van der Waals surface area contributed by atoms with Crippen molar-refractivity contribution in [1.82, 2.24) is 9.78 Å². The van der Waals surface area contributed by atoms with Crippen molar-refractivity contribution < 1.29 is 18.0 Å². The van der Waals surface area contributed by atoms with Crippen LogP contribution < -0.4 is 0 Å². The van der Waals surface area contributed by atoms with Crippen LogP contribution in [0, 0.1) is 0 Å². The molecule has 0 aromatic carbocycles. The minimum atomic E-state index is -4.59. The normalized spacial score (nSPS) is 10.9. The molecule has 0 aliphatic rings. The molecule has 1 amide bonds. The largest absolute Gasteiger partial charge is 0.435 e. The van der Waals surface area contributed by atoms with Gasteiger partial charge >= 0.3 is 12.1 Å². The maximum Gasteiger partial charge on any atom is 0.435 e. The van der Waals surface area contributed by atoms with Crippen LogP contribution in [0.15, 0.2) is 11.1 Å². The van der Waals surface area contributed by atoms with Crippen LogP contribution in [-0.2, 0) is 13.2 Å². The van der Waals surface area contributed by atoms with Crippen molar-refractivity contribution in [3.05, 3.63) is 17.5 Å². The molecule has 0 saturated carbocycles. The minimum Gasteiger partial charge on any atom is -0.264 e. The minimum absolute atomic E-state index is 0.292. The standard InChI is InChI=1S/C7H4F3N3OS/c1-13-4(6(14)11-3-15)2-5(12-13)7(8,9)10/h2H,1H3. The highest BCUT2D eigenvalue weighted by molar-refractivity contribution is 7.78. The van der Waals surface area contributed by atoms with E-state index in [9.17, 15) is 18.0 Å². The Morgan fingerprint density at radius 3 is 2.67 bits per heavy atom. The second-order valence-electron chi connectivity index (χ2n) is 2.54. The van der Waals surface area contributed by atoms with Crippen LogP contribution in [-0.4, -0.2) is 20.8 Å². The average Bonchev–Trinajstić information content (AvgIpc) is 2.47. The molecule has 0 bridgehead atoms. The summed E-state index contributed by atoms with van der Waals surface area (Å²) in [5.74, 6) is -0.907. The van der Waals surface area contributed by atoms with Gasteiger partial charge in [-0.05, 0) is 12.2 Å². The zero-order valence-electron chi connectivity index (χ0n) is 7.37. The van der Waals surface area contributed by atoms with Gasteiger partial charge in [0.25, 0.3) is 0 Å². The molecular weight excluding hydrogens is 231 g/mol. The molecule has 0 N–H and O–H groups in total. The topological polar surface area (TPSA) is 47.2 Å². The number of nitrogens with zero attached hydrogens (tertiary/aromatic N) is 3. The van der Waals surface area contributed by atoms with Gasteiger partial charge < -0.3 is 0 Å². The molecule has 8 heteroatoms. The molecule has 0 atom stereocenters. The number of carbonyl (C=O) groups excluding carboxylic acids is 1. The fourth-order valence-electron chi connectivity index (χ4n) is 0.905. The molecule has 1 aromatic rings. The summed E-state index contributed by atoms with van der Waals surface area (Å²) >= 11 is 4.16.